The molecular formula is C14H22Cl2N2O2S. The molecule has 7 heteroatoms. The Balaban J connectivity index is 3.32. The van der Waals surface area contributed by atoms with Crippen LogP contribution in [0.5, 0.6) is 0 Å². The maximum absolute atomic E-state index is 12.8. The van der Waals surface area contributed by atoms with Crippen molar-refractivity contribution in [2.45, 2.75) is 32.2 Å². The first kappa shape index (κ1) is 18.7. The van der Waals surface area contributed by atoms with Gasteiger partial charge in [0.2, 0.25) is 10.0 Å². The molecule has 0 heterocycles. The van der Waals surface area contributed by atoms with Crippen molar-refractivity contribution in [2.75, 3.05) is 20.1 Å². The summed E-state index contributed by atoms with van der Waals surface area (Å²) < 4.78 is 27.0. The normalized spacial score (nSPS) is 12.4. The molecule has 0 aliphatic heterocycles. The van der Waals surface area contributed by atoms with E-state index in [0.717, 1.165) is 0 Å². The molecule has 0 fully saturated rings. The number of benzene rings is 1. The Bertz CT molecular complexity index is 589. The molecule has 0 aromatic heterocycles. The predicted octanol–water partition coefficient (Wildman–Crippen LogP) is 3.38. The number of hydrogen-bond acceptors (Lipinski definition) is 3. The van der Waals surface area contributed by atoms with E-state index < -0.39 is 10.0 Å². The lowest BCUT2D eigenvalue weighted by atomic mass is 10.2. The number of halogens is 2. The van der Waals surface area contributed by atoms with E-state index in [-0.39, 0.29) is 15.8 Å². The first-order valence-electron chi connectivity index (χ1n) is 6.86. The molecule has 120 valence electrons. The molecule has 1 aromatic carbocycles. The van der Waals surface area contributed by atoms with Crippen LogP contribution >= 0.6 is 23.2 Å². The van der Waals surface area contributed by atoms with Crippen molar-refractivity contribution >= 4 is 33.2 Å². The third-order valence-corrected chi connectivity index (χ3v) is 5.76. The lowest BCUT2D eigenvalue weighted by Gasteiger charge is -2.23. The van der Waals surface area contributed by atoms with Gasteiger partial charge in [-0.15, -0.1) is 0 Å². The minimum atomic E-state index is -3.62. The smallest absolute Gasteiger partial charge is 0.244 e. The molecule has 0 aliphatic rings. The number of nitrogens with zero attached hydrogens (tertiary/aromatic N) is 1. The number of rotatable bonds is 7. The van der Waals surface area contributed by atoms with Gasteiger partial charge in [-0.2, -0.15) is 4.31 Å². The van der Waals surface area contributed by atoms with Crippen LogP contribution in [0.15, 0.2) is 17.0 Å². The Morgan fingerprint density at radius 3 is 2.33 bits per heavy atom. The lowest BCUT2D eigenvalue weighted by molar-refractivity contribution is 0.381. The molecule has 1 aromatic rings. The van der Waals surface area contributed by atoms with Gasteiger partial charge in [-0.1, -0.05) is 44.0 Å². The summed E-state index contributed by atoms with van der Waals surface area (Å²) in [6.07, 6.45) is 0. The van der Waals surface area contributed by atoms with Crippen molar-refractivity contribution in [3.63, 3.8) is 0 Å². The molecule has 0 radical (unpaired) electrons. The summed E-state index contributed by atoms with van der Waals surface area (Å²) in [5, 5.41) is 3.58. The lowest BCUT2D eigenvalue weighted by Crippen LogP contribution is -2.34. The van der Waals surface area contributed by atoms with Crippen molar-refractivity contribution in [2.24, 2.45) is 5.92 Å². The van der Waals surface area contributed by atoms with Gasteiger partial charge < -0.3 is 5.32 Å². The van der Waals surface area contributed by atoms with Crippen LogP contribution in [-0.4, -0.2) is 32.9 Å². The van der Waals surface area contributed by atoms with Gasteiger partial charge in [0.05, 0.1) is 5.02 Å². The van der Waals surface area contributed by atoms with Gasteiger partial charge in [-0.25, -0.2) is 8.42 Å². The second-order valence-corrected chi connectivity index (χ2v) is 7.97. The van der Waals surface area contributed by atoms with E-state index in [2.05, 4.69) is 5.32 Å². The molecule has 4 nitrogen and oxygen atoms in total. The Labute approximate surface area is 137 Å². The van der Waals surface area contributed by atoms with Gasteiger partial charge >= 0.3 is 0 Å². The standard InChI is InChI=1S/C14H22Cl2N2O2S/c1-5-18(9-10(2)3)21(19,20)14-6-11(8-17-4)12(15)7-13(14)16/h6-7,10,17H,5,8-9H2,1-4H3. The molecule has 0 aliphatic carbocycles. The fourth-order valence-electron chi connectivity index (χ4n) is 2.04. The highest BCUT2D eigenvalue weighted by Gasteiger charge is 2.27. The van der Waals surface area contributed by atoms with E-state index in [1.165, 1.54) is 10.4 Å². The average Bonchev–Trinajstić information content (AvgIpc) is 2.38. The third-order valence-electron chi connectivity index (χ3n) is 3.01. The molecule has 0 amide bonds. The second-order valence-electron chi connectivity index (χ2n) is 5.25. The molecule has 0 bridgehead atoms. The second kappa shape index (κ2) is 7.79. The zero-order chi connectivity index (χ0) is 16.2. The van der Waals surface area contributed by atoms with E-state index >= 15 is 0 Å². The molecule has 1 N–H and O–H groups in total. The van der Waals surface area contributed by atoms with Gasteiger partial charge in [0.15, 0.2) is 0 Å². The molecule has 0 unspecified atom stereocenters. The molecule has 21 heavy (non-hydrogen) atoms. The molecule has 1 rings (SSSR count). The summed E-state index contributed by atoms with van der Waals surface area (Å²) >= 11 is 12.2. The van der Waals surface area contributed by atoms with Gasteiger partial charge in [0.1, 0.15) is 4.90 Å². The van der Waals surface area contributed by atoms with Crippen molar-refractivity contribution in [3.05, 3.63) is 27.7 Å². The first-order valence-corrected chi connectivity index (χ1v) is 9.06. The van der Waals surface area contributed by atoms with E-state index in [1.807, 2.05) is 20.8 Å². The third kappa shape index (κ3) is 4.57. The quantitative estimate of drug-likeness (QED) is 0.818. The van der Waals surface area contributed by atoms with Crippen LogP contribution in [0.4, 0.5) is 0 Å². The van der Waals surface area contributed by atoms with Crippen LogP contribution in [0, 0.1) is 5.92 Å². The monoisotopic (exact) mass is 352 g/mol. The Morgan fingerprint density at radius 2 is 1.86 bits per heavy atom. The largest absolute Gasteiger partial charge is 0.316 e. The van der Waals surface area contributed by atoms with Crippen LogP contribution in [-0.2, 0) is 16.6 Å². The Kier molecular flexibility index (Phi) is 6.94. The molecule has 0 spiro atoms. The van der Waals surface area contributed by atoms with Crippen molar-refractivity contribution in [3.8, 4) is 0 Å². The van der Waals surface area contributed by atoms with Crippen LogP contribution < -0.4 is 5.32 Å². The summed E-state index contributed by atoms with van der Waals surface area (Å²) in [6, 6.07) is 3.05. The molecule has 0 atom stereocenters. The summed E-state index contributed by atoms with van der Waals surface area (Å²) in [5.74, 6) is 0.238. The van der Waals surface area contributed by atoms with Crippen molar-refractivity contribution < 1.29 is 8.42 Å². The topological polar surface area (TPSA) is 49.4 Å². The SMILES string of the molecule is CCN(CC(C)C)S(=O)(=O)c1cc(CNC)c(Cl)cc1Cl. The first-order chi connectivity index (χ1) is 9.73. The van der Waals surface area contributed by atoms with Gasteiger partial charge in [0.25, 0.3) is 0 Å². The highest BCUT2D eigenvalue weighted by molar-refractivity contribution is 7.89. The highest BCUT2D eigenvalue weighted by Crippen LogP contribution is 2.31. The Morgan fingerprint density at radius 1 is 1.24 bits per heavy atom. The van der Waals surface area contributed by atoms with Crippen molar-refractivity contribution in [1.29, 1.82) is 0 Å². The maximum Gasteiger partial charge on any atom is 0.244 e. The van der Waals surface area contributed by atoms with Crippen LogP contribution in [0.1, 0.15) is 26.3 Å². The minimum Gasteiger partial charge on any atom is -0.316 e. The maximum atomic E-state index is 12.8. The summed E-state index contributed by atoms with van der Waals surface area (Å²) in [6.45, 7) is 7.12. The fraction of sp³-hybridized carbons (Fsp3) is 0.571. The predicted molar refractivity (Wildman–Crippen MR) is 88.5 cm³/mol. The number of nitrogens with one attached hydrogen (secondary N) is 1. The number of sulfonamides is 1. The van der Waals surface area contributed by atoms with Crippen LogP contribution in [0.25, 0.3) is 0 Å². The molecule has 0 saturated heterocycles. The van der Waals surface area contributed by atoms with Gasteiger partial charge in [0, 0.05) is 24.7 Å². The fourth-order valence-corrected chi connectivity index (χ4v) is 4.49. The summed E-state index contributed by atoms with van der Waals surface area (Å²) in [7, 11) is -1.85. The van der Waals surface area contributed by atoms with E-state index in [4.69, 9.17) is 23.2 Å². The zero-order valence-corrected chi connectivity index (χ0v) is 15.1. The van der Waals surface area contributed by atoms with E-state index in [0.29, 0.717) is 30.2 Å². The summed E-state index contributed by atoms with van der Waals surface area (Å²) in [4.78, 5) is 0.112. The van der Waals surface area contributed by atoms with Crippen molar-refractivity contribution in [1.82, 2.24) is 9.62 Å². The van der Waals surface area contributed by atoms with Gasteiger partial charge in [-0.3, -0.25) is 0 Å². The minimum absolute atomic E-state index is 0.112. The average molecular weight is 353 g/mol. The summed E-state index contributed by atoms with van der Waals surface area (Å²) in [5.41, 5.74) is 0.711. The Hall–Kier alpha value is -0.330. The number of hydrogen-bond donors (Lipinski definition) is 1. The van der Waals surface area contributed by atoms with Crippen LogP contribution in [0.3, 0.4) is 0 Å². The van der Waals surface area contributed by atoms with E-state index in [1.54, 1.807) is 13.1 Å². The molecular weight excluding hydrogens is 331 g/mol. The van der Waals surface area contributed by atoms with E-state index in [9.17, 15) is 8.42 Å². The zero-order valence-electron chi connectivity index (χ0n) is 12.8. The molecule has 0 saturated carbocycles. The van der Waals surface area contributed by atoms with Gasteiger partial charge in [-0.05, 0) is 30.7 Å². The van der Waals surface area contributed by atoms with Crippen LogP contribution in [0.2, 0.25) is 10.0 Å². The highest BCUT2D eigenvalue weighted by atomic mass is 35.5.